The van der Waals surface area contributed by atoms with Crippen LogP contribution in [0.5, 0.6) is 0 Å². The maximum Gasteiger partial charge on any atom is 0.190 e. The van der Waals surface area contributed by atoms with Crippen molar-refractivity contribution in [3.05, 3.63) is 28.6 Å². The van der Waals surface area contributed by atoms with Crippen molar-refractivity contribution in [2.75, 3.05) is 20.1 Å². The van der Waals surface area contributed by atoms with Crippen LogP contribution in [-0.4, -0.2) is 35.9 Å². The summed E-state index contributed by atoms with van der Waals surface area (Å²) in [5, 5.41) is 11.3. The molecule has 1 aliphatic rings. The van der Waals surface area contributed by atoms with Crippen molar-refractivity contribution in [1.82, 2.24) is 20.4 Å². The number of hydrogen-bond donors (Lipinski definition) is 2. The molecule has 1 aromatic heterocycles. The van der Waals surface area contributed by atoms with Crippen molar-refractivity contribution in [2.45, 2.75) is 52.4 Å². The Morgan fingerprint density at radius 2 is 1.92 bits per heavy atom. The minimum Gasteiger partial charge on any atom is -0.356 e. The van der Waals surface area contributed by atoms with Crippen LogP contribution in [0.25, 0.3) is 0 Å². The summed E-state index contributed by atoms with van der Waals surface area (Å²) in [5.74, 6) is 0.889. The SMILES string of the molecule is CN=C(NCCC1=CCCCC1)NCCc1c(C)nn(C)c1C.I. The molecule has 0 amide bonds. The molecule has 0 bridgehead atoms. The highest BCUT2D eigenvalue weighted by molar-refractivity contribution is 14.0. The number of aromatic nitrogens is 2. The molecule has 2 rings (SSSR count). The number of nitrogens with zero attached hydrogens (tertiary/aromatic N) is 3. The first-order valence-corrected chi connectivity index (χ1v) is 8.73. The van der Waals surface area contributed by atoms with E-state index in [-0.39, 0.29) is 24.0 Å². The lowest BCUT2D eigenvalue weighted by molar-refractivity contribution is 0.665. The third-order valence-electron chi connectivity index (χ3n) is 4.67. The van der Waals surface area contributed by atoms with Crippen LogP contribution in [0, 0.1) is 13.8 Å². The molecule has 6 heteroatoms. The van der Waals surface area contributed by atoms with E-state index in [1.165, 1.54) is 36.9 Å². The molecule has 1 aromatic rings. The molecule has 2 N–H and O–H groups in total. The smallest absolute Gasteiger partial charge is 0.190 e. The van der Waals surface area contributed by atoms with Crippen LogP contribution in [0.2, 0.25) is 0 Å². The molecule has 0 atom stereocenters. The zero-order chi connectivity index (χ0) is 16.7. The summed E-state index contributed by atoms with van der Waals surface area (Å²) in [4.78, 5) is 4.31. The zero-order valence-electron chi connectivity index (χ0n) is 15.5. The number of hydrogen-bond acceptors (Lipinski definition) is 2. The summed E-state index contributed by atoms with van der Waals surface area (Å²) >= 11 is 0. The molecule has 0 unspecified atom stereocenters. The van der Waals surface area contributed by atoms with E-state index < -0.39 is 0 Å². The topological polar surface area (TPSA) is 54.2 Å². The van der Waals surface area contributed by atoms with Gasteiger partial charge in [-0.15, -0.1) is 24.0 Å². The molecule has 24 heavy (non-hydrogen) atoms. The lowest BCUT2D eigenvalue weighted by atomic mass is 9.97. The van der Waals surface area contributed by atoms with Crippen molar-refractivity contribution in [3.8, 4) is 0 Å². The number of allylic oxidation sites excluding steroid dienone is 1. The van der Waals surface area contributed by atoms with E-state index in [0.29, 0.717) is 0 Å². The molecule has 1 aliphatic carbocycles. The van der Waals surface area contributed by atoms with Gasteiger partial charge in [-0.3, -0.25) is 9.67 Å². The molecule has 0 fully saturated rings. The maximum absolute atomic E-state index is 4.47. The number of guanidine groups is 1. The molecule has 0 aliphatic heterocycles. The van der Waals surface area contributed by atoms with Crippen molar-refractivity contribution < 1.29 is 0 Å². The van der Waals surface area contributed by atoms with Crippen LogP contribution in [0.4, 0.5) is 0 Å². The Hall–Kier alpha value is -1.05. The number of nitrogens with one attached hydrogen (secondary N) is 2. The molecule has 0 aromatic carbocycles. The minimum absolute atomic E-state index is 0. The second-order valence-corrected chi connectivity index (χ2v) is 6.31. The van der Waals surface area contributed by atoms with Gasteiger partial charge in [-0.1, -0.05) is 11.6 Å². The predicted molar refractivity (Wildman–Crippen MR) is 112 cm³/mol. The first kappa shape index (κ1) is 21.0. The van der Waals surface area contributed by atoms with Crippen molar-refractivity contribution in [3.63, 3.8) is 0 Å². The van der Waals surface area contributed by atoms with Gasteiger partial charge in [0, 0.05) is 32.9 Å². The minimum atomic E-state index is 0. The second kappa shape index (κ2) is 10.7. The summed E-state index contributed by atoms with van der Waals surface area (Å²) in [6, 6.07) is 0. The van der Waals surface area contributed by atoms with Crippen LogP contribution >= 0.6 is 24.0 Å². The van der Waals surface area contributed by atoms with Gasteiger partial charge in [0.25, 0.3) is 0 Å². The average molecular weight is 445 g/mol. The van der Waals surface area contributed by atoms with Crippen molar-refractivity contribution in [1.29, 1.82) is 0 Å². The Morgan fingerprint density at radius 3 is 2.46 bits per heavy atom. The maximum atomic E-state index is 4.47. The first-order valence-electron chi connectivity index (χ1n) is 8.73. The number of rotatable bonds is 6. The van der Waals surface area contributed by atoms with Gasteiger partial charge in [0.05, 0.1) is 5.69 Å². The van der Waals surface area contributed by atoms with Gasteiger partial charge < -0.3 is 10.6 Å². The monoisotopic (exact) mass is 445 g/mol. The van der Waals surface area contributed by atoms with Crippen LogP contribution in [0.15, 0.2) is 16.6 Å². The van der Waals surface area contributed by atoms with E-state index in [0.717, 1.165) is 37.6 Å². The molecular formula is C18H32IN5. The Bertz CT molecular complexity index is 574. The van der Waals surface area contributed by atoms with Gasteiger partial charge in [-0.05, 0) is 57.9 Å². The summed E-state index contributed by atoms with van der Waals surface area (Å²) in [6.07, 6.45) is 9.74. The van der Waals surface area contributed by atoms with Crippen LogP contribution in [0.3, 0.4) is 0 Å². The van der Waals surface area contributed by atoms with Gasteiger partial charge in [-0.25, -0.2) is 0 Å². The van der Waals surface area contributed by atoms with Gasteiger partial charge in [0.2, 0.25) is 0 Å². The summed E-state index contributed by atoms with van der Waals surface area (Å²) in [6.45, 7) is 6.03. The Kier molecular flexibility index (Phi) is 9.39. The van der Waals surface area contributed by atoms with Crippen LogP contribution < -0.4 is 10.6 Å². The van der Waals surface area contributed by atoms with E-state index in [9.17, 15) is 0 Å². The molecule has 5 nitrogen and oxygen atoms in total. The Morgan fingerprint density at radius 1 is 1.21 bits per heavy atom. The third kappa shape index (κ3) is 6.11. The highest BCUT2D eigenvalue weighted by Crippen LogP contribution is 2.19. The largest absolute Gasteiger partial charge is 0.356 e. The van der Waals surface area contributed by atoms with E-state index in [1.807, 2.05) is 18.8 Å². The highest BCUT2D eigenvalue weighted by atomic mass is 127. The average Bonchev–Trinajstić information content (AvgIpc) is 2.80. The number of aliphatic imine (C=N–C) groups is 1. The van der Waals surface area contributed by atoms with Crippen LogP contribution in [-0.2, 0) is 13.5 Å². The van der Waals surface area contributed by atoms with E-state index in [1.54, 1.807) is 5.57 Å². The van der Waals surface area contributed by atoms with E-state index >= 15 is 0 Å². The summed E-state index contributed by atoms with van der Waals surface area (Å²) in [5.41, 5.74) is 5.30. The lowest BCUT2D eigenvalue weighted by Gasteiger charge is -2.15. The molecule has 136 valence electrons. The molecule has 0 radical (unpaired) electrons. The fourth-order valence-corrected chi connectivity index (χ4v) is 3.18. The Balaban J connectivity index is 0.00000288. The molecule has 1 heterocycles. The normalized spacial score (nSPS) is 14.8. The van der Waals surface area contributed by atoms with Crippen LogP contribution in [0.1, 0.15) is 49.1 Å². The van der Waals surface area contributed by atoms with Crippen molar-refractivity contribution in [2.24, 2.45) is 12.0 Å². The van der Waals surface area contributed by atoms with E-state index in [2.05, 4.69) is 40.6 Å². The lowest BCUT2D eigenvalue weighted by Crippen LogP contribution is -2.38. The van der Waals surface area contributed by atoms with Gasteiger partial charge >= 0.3 is 0 Å². The standard InChI is InChI=1S/C18H31N5.HI/c1-14-17(15(2)23(4)22-14)11-13-21-18(19-3)20-12-10-16-8-6-5-7-9-16;/h8H,5-7,9-13H2,1-4H3,(H2,19,20,21);1H. The van der Waals surface area contributed by atoms with Crippen molar-refractivity contribution >= 4 is 29.9 Å². The fourth-order valence-electron chi connectivity index (χ4n) is 3.18. The third-order valence-corrected chi connectivity index (χ3v) is 4.67. The molecule has 0 spiro atoms. The number of aryl methyl sites for hydroxylation is 2. The zero-order valence-corrected chi connectivity index (χ0v) is 17.8. The second-order valence-electron chi connectivity index (χ2n) is 6.31. The van der Waals surface area contributed by atoms with Gasteiger partial charge in [0.1, 0.15) is 0 Å². The summed E-state index contributed by atoms with van der Waals surface area (Å²) in [7, 11) is 3.83. The molecular weight excluding hydrogens is 413 g/mol. The fraction of sp³-hybridized carbons (Fsp3) is 0.667. The molecule has 0 saturated carbocycles. The highest BCUT2D eigenvalue weighted by Gasteiger charge is 2.09. The van der Waals surface area contributed by atoms with Gasteiger partial charge in [0.15, 0.2) is 5.96 Å². The number of halogens is 1. The summed E-state index contributed by atoms with van der Waals surface area (Å²) < 4.78 is 1.95. The molecule has 0 saturated heterocycles. The Labute approximate surface area is 163 Å². The van der Waals surface area contributed by atoms with E-state index in [4.69, 9.17) is 0 Å². The predicted octanol–water partition coefficient (Wildman–Crippen LogP) is 3.25. The first-order chi connectivity index (χ1) is 11.1. The quantitative estimate of drug-likeness (QED) is 0.306. The van der Waals surface area contributed by atoms with Gasteiger partial charge in [-0.2, -0.15) is 5.10 Å².